The van der Waals surface area contributed by atoms with Crippen LogP contribution in [0.25, 0.3) is 0 Å². The summed E-state index contributed by atoms with van der Waals surface area (Å²) in [6.45, 7) is 14.6. The second-order valence-electron chi connectivity index (χ2n) is 4.36. The van der Waals surface area contributed by atoms with E-state index in [4.69, 9.17) is 4.74 Å². The smallest absolute Gasteiger partial charge is 0.123 e. The van der Waals surface area contributed by atoms with Crippen LogP contribution in [-0.4, -0.2) is 6.10 Å². The lowest BCUT2D eigenvalue weighted by atomic mass is 10.00. The molecule has 0 bridgehead atoms. The summed E-state index contributed by atoms with van der Waals surface area (Å²) < 4.78 is 5.76. The molecule has 0 unspecified atom stereocenters. The summed E-state index contributed by atoms with van der Waals surface area (Å²) in [6.07, 6.45) is 0.246. The van der Waals surface area contributed by atoms with Crippen molar-refractivity contribution in [2.24, 2.45) is 0 Å². The molecule has 0 saturated heterocycles. The molecule has 1 aromatic carbocycles. The molecule has 0 heterocycles. The molecule has 1 aromatic rings. The second-order valence-corrected chi connectivity index (χ2v) is 4.36. The van der Waals surface area contributed by atoms with E-state index in [0.29, 0.717) is 5.92 Å². The Bertz CT molecular complexity index is 300. The van der Waals surface area contributed by atoms with Crippen LogP contribution in [0.2, 0.25) is 0 Å². The van der Waals surface area contributed by atoms with Crippen LogP contribution in [0.1, 0.15) is 58.6 Å². The molecule has 16 heavy (non-hydrogen) atoms. The largest absolute Gasteiger partial charge is 0.491 e. The zero-order chi connectivity index (χ0) is 12.7. The molecule has 0 fully saturated rings. The topological polar surface area (TPSA) is 9.23 Å². The second kappa shape index (κ2) is 7.32. The Morgan fingerprint density at radius 3 is 2.00 bits per heavy atom. The first kappa shape index (κ1) is 15.0. The highest BCUT2D eigenvalue weighted by atomic mass is 16.5. The van der Waals surface area contributed by atoms with E-state index in [-0.39, 0.29) is 6.10 Å². The first-order valence-corrected chi connectivity index (χ1v) is 6.28. The van der Waals surface area contributed by atoms with Gasteiger partial charge in [-0.3, -0.25) is 0 Å². The van der Waals surface area contributed by atoms with Crippen LogP contribution >= 0.6 is 0 Å². The number of aryl methyl sites for hydroxylation is 1. The Morgan fingerprint density at radius 2 is 1.56 bits per heavy atom. The molecular weight excluding hydrogens is 196 g/mol. The maximum atomic E-state index is 5.76. The highest BCUT2D eigenvalue weighted by Gasteiger charge is 2.08. The van der Waals surface area contributed by atoms with Gasteiger partial charge in [-0.05, 0) is 38.3 Å². The zero-order valence-electron chi connectivity index (χ0n) is 11.8. The average Bonchev–Trinajstić information content (AvgIpc) is 2.23. The lowest BCUT2D eigenvalue weighted by molar-refractivity contribution is 0.239. The monoisotopic (exact) mass is 222 g/mol. The van der Waals surface area contributed by atoms with Crippen LogP contribution < -0.4 is 4.74 Å². The molecular formula is C15H26O. The van der Waals surface area contributed by atoms with Gasteiger partial charge in [0.25, 0.3) is 0 Å². The Morgan fingerprint density at radius 1 is 1.00 bits per heavy atom. The summed E-state index contributed by atoms with van der Waals surface area (Å²) in [5, 5.41) is 0. The third kappa shape index (κ3) is 4.69. The molecule has 0 radical (unpaired) electrons. The number of hydrogen-bond acceptors (Lipinski definition) is 1. The highest BCUT2D eigenvalue weighted by Crippen LogP contribution is 2.28. The van der Waals surface area contributed by atoms with E-state index in [0.717, 1.165) is 5.75 Å². The van der Waals surface area contributed by atoms with Gasteiger partial charge in [-0.25, -0.2) is 0 Å². The van der Waals surface area contributed by atoms with E-state index < -0.39 is 0 Å². The Hall–Kier alpha value is -0.980. The Labute approximate surface area is 101 Å². The van der Waals surface area contributed by atoms with Gasteiger partial charge in [0, 0.05) is 0 Å². The van der Waals surface area contributed by atoms with Gasteiger partial charge in [0.2, 0.25) is 0 Å². The molecule has 1 nitrogen and oxygen atoms in total. The molecule has 0 aromatic heterocycles. The maximum absolute atomic E-state index is 5.76. The lowest BCUT2D eigenvalue weighted by Gasteiger charge is -2.16. The normalized spacial score (nSPS) is 10.1. The lowest BCUT2D eigenvalue weighted by Crippen LogP contribution is -2.08. The highest BCUT2D eigenvalue weighted by molar-refractivity contribution is 5.39. The van der Waals surface area contributed by atoms with Crippen LogP contribution in [0, 0.1) is 6.92 Å². The fraction of sp³-hybridized carbons (Fsp3) is 0.600. The van der Waals surface area contributed by atoms with E-state index in [1.165, 1.54) is 11.1 Å². The van der Waals surface area contributed by atoms with Crippen molar-refractivity contribution in [2.45, 2.75) is 60.5 Å². The summed E-state index contributed by atoms with van der Waals surface area (Å²) in [7, 11) is 0. The summed E-state index contributed by atoms with van der Waals surface area (Å²) in [5.41, 5.74) is 2.60. The van der Waals surface area contributed by atoms with Crippen molar-refractivity contribution in [1.82, 2.24) is 0 Å². The summed E-state index contributed by atoms with van der Waals surface area (Å²) >= 11 is 0. The molecule has 0 aliphatic carbocycles. The minimum absolute atomic E-state index is 0.246. The van der Waals surface area contributed by atoms with Crippen molar-refractivity contribution in [3.63, 3.8) is 0 Å². The first-order valence-electron chi connectivity index (χ1n) is 6.28. The van der Waals surface area contributed by atoms with Crippen molar-refractivity contribution in [1.29, 1.82) is 0 Å². The standard InChI is InChI=1S/C13H20O.C2H6/c1-9(2)12-8-11(5)6-7-13(12)14-10(3)4;1-2/h6-10H,1-5H3;1-2H3. The van der Waals surface area contributed by atoms with Gasteiger partial charge in [0.1, 0.15) is 5.75 Å². The Balaban J connectivity index is 0.00000106. The number of hydrogen-bond donors (Lipinski definition) is 0. The van der Waals surface area contributed by atoms with Crippen LogP contribution in [0.4, 0.5) is 0 Å². The van der Waals surface area contributed by atoms with E-state index >= 15 is 0 Å². The van der Waals surface area contributed by atoms with Crippen molar-refractivity contribution in [2.75, 3.05) is 0 Å². The fourth-order valence-corrected chi connectivity index (χ4v) is 1.48. The van der Waals surface area contributed by atoms with Gasteiger partial charge in [-0.2, -0.15) is 0 Å². The quantitative estimate of drug-likeness (QED) is 0.704. The van der Waals surface area contributed by atoms with Gasteiger partial charge in [0.05, 0.1) is 6.10 Å². The van der Waals surface area contributed by atoms with E-state index in [1.54, 1.807) is 0 Å². The zero-order valence-corrected chi connectivity index (χ0v) is 11.8. The van der Waals surface area contributed by atoms with Crippen LogP contribution in [0.15, 0.2) is 18.2 Å². The maximum Gasteiger partial charge on any atom is 0.123 e. The van der Waals surface area contributed by atoms with Gasteiger partial charge in [-0.15, -0.1) is 0 Å². The van der Waals surface area contributed by atoms with Crippen molar-refractivity contribution in [3.8, 4) is 5.75 Å². The summed E-state index contributed by atoms with van der Waals surface area (Å²) in [5.74, 6) is 1.55. The third-order valence-electron chi connectivity index (χ3n) is 2.15. The molecule has 0 amide bonds. The van der Waals surface area contributed by atoms with Gasteiger partial charge in [0.15, 0.2) is 0 Å². The number of benzene rings is 1. The molecule has 0 saturated carbocycles. The Kier molecular flexibility index (Phi) is 6.87. The number of ether oxygens (including phenoxy) is 1. The van der Waals surface area contributed by atoms with Gasteiger partial charge < -0.3 is 4.74 Å². The van der Waals surface area contributed by atoms with Crippen LogP contribution in [0.3, 0.4) is 0 Å². The van der Waals surface area contributed by atoms with Gasteiger partial charge >= 0.3 is 0 Å². The SMILES string of the molecule is CC.Cc1ccc(OC(C)C)c(C(C)C)c1. The molecule has 1 heteroatoms. The average molecular weight is 222 g/mol. The van der Waals surface area contributed by atoms with Crippen molar-refractivity contribution in [3.05, 3.63) is 29.3 Å². The van der Waals surface area contributed by atoms with E-state index in [2.05, 4.69) is 52.8 Å². The summed E-state index contributed by atoms with van der Waals surface area (Å²) in [6, 6.07) is 6.39. The molecule has 0 aliphatic rings. The molecule has 0 aliphatic heterocycles. The minimum atomic E-state index is 0.246. The minimum Gasteiger partial charge on any atom is -0.491 e. The molecule has 92 valence electrons. The van der Waals surface area contributed by atoms with Crippen molar-refractivity contribution >= 4 is 0 Å². The van der Waals surface area contributed by atoms with Gasteiger partial charge in [-0.1, -0.05) is 45.4 Å². The van der Waals surface area contributed by atoms with Crippen molar-refractivity contribution < 1.29 is 4.74 Å². The predicted octanol–water partition coefficient (Wildman–Crippen LogP) is 4.93. The molecule has 1 rings (SSSR count). The predicted molar refractivity (Wildman–Crippen MR) is 72.4 cm³/mol. The van der Waals surface area contributed by atoms with E-state index in [9.17, 15) is 0 Å². The van der Waals surface area contributed by atoms with E-state index in [1.807, 2.05) is 13.8 Å². The summed E-state index contributed by atoms with van der Waals surface area (Å²) in [4.78, 5) is 0. The first-order chi connectivity index (χ1) is 7.50. The fourth-order valence-electron chi connectivity index (χ4n) is 1.48. The van der Waals surface area contributed by atoms with Crippen LogP contribution in [0.5, 0.6) is 5.75 Å². The molecule has 0 N–H and O–H groups in total. The number of rotatable bonds is 3. The van der Waals surface area contributed by atoms with Crippen LogP contribution in [-0.2, 0) is 0 Å². The third-order valence-corrected chi connectivity index (χ3v) is 2.15. The molecule has 0 spiro atoms. The molecule has 0 atom stereocenters.